The van der Waals surface area contributed by atoms with Crippen molar-refractivity contribution < 1.29 is 44.2 Å². The van der Waals surface area contributed by atoms with Crippen molar-refractivity contribution in [3.8, 4) is 0 Å². The van der Waals surface area contributed by atoms with Crippen molar-refractivity contribution in [1.29, 1.82) is 0 Å². The molecule has 0 bridgehead atoms. The van der Waals surface area contributed by atoms with E-state index in [0.717, 1.165) is 31.6 Å². The van der Waals surface area contributed by atoms with Crippen LogP contribution in [0.1, 0.15) is 41.6 Å². The first-order valence-corrected chi connectivity index (χ1v) is 12.5. The number of carbonyl (C=O) groups is 2. The number of halogens is 2. The van der Waals surface area contributed by atoms with Gasteiger partial charge in [0.25, 0.3) is 0 Å². The second-order valence-electron chi connectivity index (χ2n) is 9.22. The van der Waals surface area contributed by atoms with Crippen LogP contribution < -0.4 is 0 Å². The van der Waals surface area contributed by atoms with Crippen molar-refractivity contribution in [3.05, 3.63) is 82.0 Å². The van der Waals surface area contributed by atoms with Crippen LogP contribution in [0.3, 0.4) is 0 Å². The maximum atomic E-state index is 12.9. The maximum absolute atomic E-state index is 12.9. The molecule has 2 aromatic rings. The molecule has 0 aliphatic carbocycles. The number of hydrogen-bond acceptors (Lipinski definition) is 9. The Morgan fingerprint density at radius 2 is 1.71 bits per heavy atom. The lowest BCUT2D eigenvalue weighted by atomic mass is 9.84. The van der Waals surface area contributed by atoms with Gasteiger partial charge in [-0.25, -0.2) is 9.18 Å². The van der Waals surface area contributed by atoms with E-state index in [1.54, 1.807) is 0 Å². The Morgan fingerprint density at radius 1 is 1.11 bits per heavy atom. The molecule has 4 rings (SSSR count). The number of rotatable bonds is 8. The van der Waals surface area contributed by atoms with Crippen LogP contribution in [0, 0.1) is 5.82 Å². The first-order valence-electron chi connectivity index (χ1n) is 12.2. The number of carbonyl (C=O) groups excluding carboxylic acids is 2. The molecule has 0 spiro atoms. The topological polar surface area (TPSA) is 148 Å². The summed E-state index contributed by atoms with van der Waals surface area (Å²) in [5.41, 5.74) is 0.667. The highest BCUT2D eigenvalue weighted by atomic mass is 35.5. The van der Waals surface area contributed by atoms with Gasteiger partial charge < -0.3 is 35.2 Å². The summed E-state index contributed by atoms with van der Waals surface area (Å²) in [4.78, 5) is 24.9. The summed E-state index contributed by atoms with van der Waals surface area (Å²) in [7, 11) is 0. The molecule has 0 amide bonds. The highest BCUT2D eigenvalue weighted by molar-refractivity contribution is 6.30. The van der Waals surface area contributed by atoms with Gasteiger partial charge in [0.15, 0.2) is 17.6 Å². The minimum Gasteiger partial charge on any atom is -0.505 e. The Hall–Kier alpha value is -3.02. The number of aliphatic hydroxyl groups excluding tert-OH is 4. The summed E-state index contributed by atoms with van der Waals surface area (Å²) >= 11 is 5.92. The molecule has 2 heterocycles. The van der Waals surface area contributed by atoms with Gasteiger partial charge in [0.05, 0.1) is 12.2 Å². The number of hydrogen-bond donors (Lipinski definition) is 5. The highest BCUT2D eigenvalue weighted by Gasteiger charge is 2.38. The Bertz CT molecular complexity index is 1130. The van der Waals surface area contributed by atoms with Crippen LogP contribution in [-0.2, 0) is 15.1 Å². The summed E-state index contributed by atoms with van der Waals surface area (Å²) in [5.74, 6) is -3.07. The third kappa shape index (κ3) is 7.52. The lowest BCUT2D eigenvalue weighted by molar-refractivity contribution is -0.147. The minimum absolute atomic E-state index is 0.0414. The van der Waals surface area contributed by atoms with E-state index in [4.69, 9.17) is 32.0 Å². The molecule has 0 aromatic heterocycles. The molecule has 1 fully saturated rings. The van der Waals surface area contributed by atoms with Gasteiger partial charge in [0.2, 0.25) is 5.76 Å². The number of aliphatic hydroxyl groups is 5. The molecular weight excluding hydrogens is 521 g/mol. The van der Waals surface area contributed by atoms with Crippen molar-refractivity contribution >= 4 is 23.4 Å². The van der Waals surface area contributed by atoms with Crippen molar-refractivity contribution in [2.75, 3.05) is 26.2 Å². The van der Waals surface area contributed by atoms with Gasteiger partial charge in [0.1, 0.15) is 11.9 Å². The molecule has 38 heavy (non-hydrogen) atoms. The Labute approximate surface area is 224 Å². The molecule has 2 atom stereocenters. The predicted molar refractivity (Wildman–Crippen MR) is 136 cm³/mol. The number of piperidine rings is 1. The average Bonchev–Trinajstić information content (AvgIpc) is 3.17. The van der Waals surface area contributed by atoms with Gasteiger partial charge in [-0.05, 0) is 67.8 Å². The summed E-state index contributed by atoms with van der Waals surface area (Å²) < 4.78 is 17.2. The second-order valence-corrected chi connectivity index (χ2v) is 9.66. The SMILES string of the molecule is O=C(CCCN1CCC(O)(c2ccc(Cl)cc2)CC1)c1ccc(F)cc1.O=C1O[C@H]([C@@H](O)CO)C(O)=C1O. The Kier molecular flexibility index (Phi) is 10.2. The van der Waals surface area contributed by atoms with Crippen LogP contribution in [0.15, 0.2) is 60.0 Å². The summed E-state index contributed by atoms with van der Waals surface area (Å²) in [6.07, 6.45) is -0.235. The van der Waals surface area contributed by atoms with Crippen molar-refractivity contribution in [3.63, 3.8) is 0 Å². The number of likely N-dealkylation sites (tertiary alicyclic amines) is 1. The standard InChI is InChI=1S/C21H23ClFNO2.C6H8O6/c22-18-7-5-17(6-8-18)21(26)11-14-24(15-12-21)13-1-2-20(25)16-3-9-19(23)10-4-16;7-1-2(8)5-3(9)4(10)6(11)12-5/h3-10,26H,1-2,11-15H2;2,5,7-10H,1H2/t;2-,5+/m.0/s1. The zero-order valence-corrected chi connectivity index (χ0v) is 21.4. The molecular formula is C27H31ClFNO8. The van der Waals surface area contributed by atoms with Crippen molar-refractivity contribution in [1.82, 2.24) is 4.90 Å². The molecule has 0 unspecified atom stereocenters. The van der Waals surface area contributed by atoms with E-state index in [2.05, 4.69) is 9.64 Å². The number of ketones is 1. The van der Waals surface area contributed by atoms with Crippen LogP contribution >= 0.6 is 11.6 Å². The summed E-state index contributed by atoms with van der Waals surface area (Å²) in [6.45, 7) is 1.74. The van der Waals surface area contributed by atoms with Gasteiger partial charge in [-0.2, -0.15) is 0 Å². The van der Waals surface area contributed by atoms with Gasteiger partial charge >= 0.3 is 5.97 Å². The molecule has 11 heteroatoms. The Morgan fingerprint density at radius 3 is 2.24 bits per heavy atom. The molecule has 5 N–H and O–H groups in total. The van der Waals surface area contributed by atoms with E-state index in [1.165, 1.54) is 24.3 Å². The molecule has 2 aliphatic rings. The van der Waals surface area contributed by atoms with E-state index in [1.807, 2.05) is 24.3 Å². The lowest BCUT2D eigenvalue weighted by Crippen LogP contribution is -2.42. The largest absolute Gasteiger partial charge is 0.505 e. The van der Waals surface area contributed by atoms with Crippen LogP contribution in [0.2, 0.25) is 5.02 Å². The van der Waals surface area contributed by atoms with Gasteiger partial charge in [0, 0.05) is 30.1 Å². The third-order valence-electron chi connectivity index (χ3n) is 6.59. The molecule has 0 radical (unpaired) electrons. The first-order chi connectivity index (χ1) is 18.0. The molecule has 2 aromatic carbocycles. The zero-order chi connectivity index (χ0) is 27.9. The monoisotopic (exact) mass is 551 g/mol. The number of cyclic esters (lactones) is 1. The van der Waals surface area contributed by atoms with E-state index in [0.29, 0.717) is 29.8 Å². The van der Waals surface area contributed by atoms with Gasteiger partial charge in [-0.1, -0.05) is 23.7 Å². The summed E-state index contributed by atoms with van der Waals surface area (Å²) in [5, 5.41) is 46.6. The fourth-order valence-corrected chi connectivity index (χ4v) is 4.39. The molecule has 2 aliphatic heterocycles. The average molecular weight is 552 g/mol. The van der Waals surface area contributed by atoms with Crippen molar-refractivity contribution in [2.45, 2.75) is 43.5 Å². The van der Waals surface area contributed by atoms with Crippen molar-refractivity contribution in [2.24, 2.45) is 0 Å². The molecule has 9 nitrogen and oxygen atoms in total. The van der Waals surface area contributed by atoms with E-state index >= 15 is 0 Å². The van der Waals surface area contributed by atoms with Crippen LogP contribution in [0.25, 0.3) is 0 Å². The van der Waals surface area contributed by atoms with E-state index in [-0.39, 0.29) is 11.6 Å². The zero-order valence-electron chi connectivity index (χ0n) is 20.6. The highest BCUT2D eigenvalue weighted by Crippen LogP contribution is 2.33. The lowest BCUT2D eigenvalue weighted by Gasteiger charge is -2.38. The molecule has 206 valence electrons. The predicted octanol–water partition coefficient (Wildman–Crippen LogP) is 3.02. The van der Waals surface area contributed by atoms with E-state index in [9.17, 15) is 19.1 Å². The van der Waals surface area contributed by atoms with Gasteiger partial charge in [-0.3, -0.25) is 4.79 Å². The Balaban J connectivity index is 0.000000279. The van der Waals surface area contributed by atoms with Gasteiger partial charge in [-0.15, -0.1) is 0 Å². The van der Waals surface area contributed by atoms with Crippen LogP contribution in [0.4, 0.5) is 4.39 Å². The number of nitrogens with zero attached hydrogens (tertiary/aromatic N) is 1. The quantitative estimate of drug-likeness (QED) is 0.246. The number of Topliss-reactive ketones (excluding diaryl/α,β-unsaturated/α-hetero) is 1. The molecule has 0 saturated carbocycles. The minimum atomic E-state index is -1.42. The number of benzene rings is 2. The second kappa shape index (κ2) is 13.2. The molecule has 1 saturated heterocycles. The maximum Gasteiger partial charge on any atom is 0.377 e. The fourth-order valence-electron chi connectivity index (χ4n) is 4.26. The van der Waals surface area contributed by atoms with Crippen LogP contribution in [-0.4, -0.2) is 80.6 Å². The number of esters is 1. The first kappa shape index (κ1) is 29.5. The third-order valence-corrected chi connectivity index (χ3v) is 6.84. The van der Waals surface area contributed by atoms with Crippen LogP contribution in [0.5, 0.6) is 0 Å². The van der Waals surface area contributed by atoms with E-state index < -0.39 is 41.9 Å². The smallest absolute Gasteiger partial charge is 0.377 e. The number of ether oxygens (including phenoxy) is 1. The summed E-state index contributed by atoms with van der Waals surface area (Å²) in [6, 6.07) is 13.1. The normalized spacial score (nSPS) is 19.9. The fraction of sp³-hybridized carbons (Fsp3) is 0.407.